The van der Waals surface area contributed by atoms with Gasteiger partial charge in [0, 0.05) is 22.6 Å². The van der Waals surface area contributed by atoms with E-state index in [0.717, 1.165) is 12.3 Å². The second-order valence-corrected chi connectivity index (χ2v) is 4.00. The van der Waals surface area contributed by atoms with Crippen molar-refractivity contribution in [3.05, 3.63) is 53.3 Å². The molecular weight excluding hydrogens is 265 g/mol. The molecule has 0 saturated carbocycles. The van der Waals surface area contributed by atoms with Crippen molar-refractivity contribution in [2.24, 2.45) is 0 Å². The van der Waals surface area contributed by atoms with E-state index in [0.29, 0.717) is 16.4 Å². The zero-order valence-electron chi connectivity index (χ0n) is 9.00. The van der Waals surface area contributed by atoms with Gasteiger partial charge in [0.2, 0.25) is 0 Å². The van der Waals surface area contributed by atoms with Gasteiger partial charge in [0.25, 0.3) is 0 Å². The maximum Gasteiger partial charge on any atom is 0.433 e. The largest absolute Gasteiger partial charge is 0.433 e. The summed E-state index contributed by atoms with van der Waals surface area (Å²) in [4.78, 5) is 3.28. The number of benzene rings is 1. The van der Waals surface area contributed by atoms with Crippen LogP contribution >= 0.6 is 11.6 Å². The Balaban J connectivity index is 2.22. The van der Waals surface area contributed by atoms with Crippen LogP contribution in [-0.4, -0.2) is 4.98 Å². The minimum Gasteiger partial charge on any atom is -0.355 e. The SMILES string of the molecule is FC(F)(F)c1cc(Nc2ccc(Cl)cc2)ccn1. The van der Waals surface area contributed by atoms with Gasteiger partial charge in [-0.1, -0.05) is 11.6 Å². The van der Waals surface area contributed by atoms with E-state index in [1.165, 1.54) is 6.07 Å². The average molecular weight is 273 g/mol. The highest BCUT2D eigenvalue weighted by Gasteiger charge is 2.32. The predicted octanol–water partition coefficient (Wildman–Crippen LogP) is 4.50. The second kappa shape index (κ2) is 4.86. The van der Waals surface area contributed by atoms with E-state index in [4.69, 9.17) is 11.6 Å². The van der Waals surface area contributed by atoms with Crippen molar-refractivity contribution in [3.63, 3.8) is 0 Å². The van der Waals surface area contributed by atoms with Crippen LogP contribution in [0.4, 0.5) is 24.5 Å². The molecule has 0 atom stereocenters. The van der Waals surface area contributed by atoms with Gasteiger partial charge in [-0.3, -0.25) is 4.98 Å². The van der Waals surface area contributed by atoms with Crippen LogP contribution in [-0.2, 0) is 6.18 Å². The number of rotatable bonds is 2. The van der Waals surface area contributed by atoms with E-state index in [1.54, 1.807) is 24.3 Å². The molecule has 1 aromatic carbocycles. The highest BCUT2D eigenvalue weighted by Crippen LogP contribution is 2.29. The Morgan fingerprint density at radius 2 is 1.67 bits per heavy atom. The van der Waals surface area contributed by atoms with E-state index >= 15 is 0 Å². The van der Waals surface area contributed by atoms with Crippen molar-refractivity contribution in [1.82, 2.24) is 4.98 Å². The van der Waals surface area contributed by atoms with Crippen LogP contribution in [0.3, 0.4) is 0 Å². The lowest BCUT2D eigenvalue weighted by atomic mass is 10.2. The molecule has 94 valence electrons. The normalized spacial score (nSPS) is 11.3. The Bertz CT molecular complexity index is 538. The summed E-state index contributed by atoms with van der Waals surface area (Å²) in [5.41, 5.74) is 0.0415. The molecule has 2 aromatic rings. The van der Waals surface area contributed by atoms with Gasteiger partial charge in [0.15, 0.2) is 0 Å². The molecule has 0 radical (unpaired) electrons. The Labute approximate surface area is 106 Å². The van der Waals surface area contributed by atoms with E-state index < -0.39 is 11.9 Å². The molecule has 0 aliphatic rings. The summed E-state index contributed by atoms with van der Waals surface area (Å²) in [6, 6.07) is 9.07. The van der Waals surface area contributed by atoms with Crippen LogP contribution < -0.4 is 5.32 Å². The molecule has 0 aliphatic heterocycles. The molecular formula is C12H8ClF3N2. The second-order valence-electron chi connectivity index (χ2n) is 3.56. The van der Waals surface area contributed by atoms with Crippen LogP contribution in [0.1, 0.15) is 5.69 Å². The van der Waals surface area contributed by atoms with Gasteiger partial charge in [0.05, 0.1) is 0 Å². The third-order valence-corrected chi connectivity index (χ3v) is 2.44. The van der Waals surface area contributed by atoms with Gasteiger partial charge in [-0.25, -0.2) is 0 Å². The fourth-order valence-electron chi connectivity index (χ4n) is 1.36. The number of nitrogens with zero attached hydrogens (tertiary/aromatic N) is 1. The highest BCUT2D eigenvalue weighted by molar-refractivity contribution is 6.30. The van der Waals surface area contributed by atoms with Crippen molar-refractivity contribution in [2.45, 2.75) is 6.18 Å². The zero-order valence-corrected chi connectivity index (χ0v) is 9.76. The molecule has 2 nitrogen and oxygen atoms in total. The van der Waals surface area contributed by atoms with Crippen molar-refractivity contribution in [3.8, 4) is 0 Å². The molecule has 0 amide bonds. The fourth-order valence-corrected chi connectivity index (χ4v) is 1.49. The lowest BCUT2D eigenvalue weighted by molar-refractivity contribution is -0.141. The Morgan fingerprint density at radius 1 is 1.00 bits per heavy atom. The molecule has 0 fully saturated rings. The van der Waals surface area contributed by atoms with Crippen LogP contribution in [0.15, 0.2) is 42.6 Å². The Kier molecular flexibility index (Phi) is 3.43. The first-order valence-electron chi connectivity index (χ1n) is 5.01. The van der Waals surface area contributed by atoms with Gasteiger partial charge >= 0.3 is 6.18 Å². The van der Waals surface area contributed by atoms with Gasteiger partial charge in [-0.2, -0.15) is 13.2 Å². The maximum absolute atomic E-state index is 12.5. The number of alkyl halides is 3. The summed E-state index contributed by atoms with van der Waals surface area (Å²) in [7, 11) is 0. The average Bonchev–Trinajstić information content (AvgIpc) is 2.31. The summed E-state index contributed by atoms with van der Waals surface area (Å²) in [5.74, 6) is 0. The molecule has 6 heteroatoms. The van der Waals surface area contributed by atoms with E-state index in [9.17, 15) is 13.2 Å². The molecule has 1 heterocycles. The van der Waals surface area contributed by atoms with Crippen LogP contribution in [0, 0.1) is 0 Å². The minimum atomic E-state index is -4.45. The Morgan fingerprint density at radius 3 is 2.28 bits per heavy atom. The van der Waals surface area contributed by atoms with Gasteiger partial charge < -0.3 is 5.32 Å². The van der Waals surface area contributed by atoms with Crippen LogP contribution in [0.25, 0.3) is 0 Å². The van der Waals surface area contributed by atoms with Crippen molar-refractivity contribution < 1.29 is 13.2 Å². The van der Waals surface area contributed by atoms with Gasteiger partial charge in [-0.15, -0.1) is 0 Å². The number of nitrogens with one attached hydrogen (secondary N) is 1. The molecule has 0 unspecified atom stereocenters. The predicted molar refractivity (Wildman–Crippen MR) is 64.0 cm³/mol. The molecule has 18 heavy (non-hydrogen) atoms. The molecule has 0 spiro atoms. The third-order valence-electron chi connectivity index (χ3n) is 2.18. The first-order valence-corrected chi connectivity index (χ1v) is 5.39. The molecule has 2 rings (SSSR count). The van der Waals surface area contributed by atoms with E-state index in [1.807, 2.05) is 0 Å². The minimum absolute atomic E-state index is 0.319. The fraction of sp³-hybridized carbons (Fsp3) is 0.0833. The zero-order chi connectivity index (χ0) is 13.2. The number of aromatic nitrogens is 1. The monoisotopic (exact) mass is 272 g/mol. The van der Waals surface area contributed by atoms with Crippen LogP contribution in [0.5, 0.6) is 0 Å². The number of pyridine rings is 1. The molecule has 1 aromatic heterocycles. The topological polar surface area (TPSA) is 24.9 Å². The van der Waals surface area contributed by atoms with Crippen molar-refractivity contribution in [2.75, 3.05) is 5.32 Å². The summed E-state index contributed by atoms with van der Waals surface area (Å²) < 4.78 is 37.4. The van der Waals surface area contributed by atoms with Crippen molar-refractivity contribution in [1.29, 1.82) is 0 Å². The third kappa shape index (κ3) is 3.13. The summed E-state index contributed by atoms with van der Waals surface area (Å²) in [6.07, 6.45) is -3.33. The number of halogens is 4. The molecule has 1 N–H and O–H groups in total. The summed E-state index contributed by atoms with van der Waals surface area (Å²) in [5, 5.41) is 3.41. The standard InChI is InChI=1S/C12H8ClF3N2/c13-8-1-3-9(4-2-8)18-10-5-6-17-11(7-10)12(14,15)16/h1-7H,(H,17,18). The molecule has 0 saturated heterocycles. The molecule has 0 bridgehead atoms. The lowest BCUT2D eigenvalue weighted by Gasteiger charge is -2.09. The Hall–Kier alpha value is -1.75. The summed E-state index contributed by atoms with van der Waals surface area (Å²) in [6.45, 7) is 0. The highest BCUT2D eigenvalue weighted by atomic mass is 35.5. The summed E-state index contributed by atoms with van der Waals surface area (Å²) >= 11 is 5.71. The lowest BCUT2D eigenvalue weighted by Crippen LogP contribution is -2.08. The number of hydrogen-bond donors (Lipinski definition) is 1. The smallest absolute Gasteiger partial charge is 0.355 e. The maximum atomic E-state index is 12.5. The van der Waals surface area contributed by atoms with Gasteiger partial charge in [0.1, 0.15) is 5.69 Å². The first kappa shape index (κ1) is 12.7. The number of anilines is 2. The number of hydrogen-bond acceptors (Lipinski definition) is 2. The quantitative estimate of drug-likeness (QED) is 0.871. The van der Waals surface area contributed by atoms with Crippen molar-refractivity contribution >= 4 is 23.0 Å². The van der Waals surface area contributed by atoms with E-state index in [2.05, 4.69) is 10.3 Å². The van der Waals surface area contributed by atoms with Crippen LogP contribution in [0.2, 0.25) is 5.02 Å². The molecule has 0 aliphatic carbocycles. The van der Waals surface area contributed by atoms with E-state index in [-0.39, 0.29) is 0 Å². The first-order chi connectivity index (χ1) is 8.45. The van der Waals surface area contributed by atoms with Gasteiger partial charge in [-0.05, 0) is 36.4 Å².